The van der Waals surface area contributed by atoms with Crippen molar-refractivity contribution in [2.75, 3.05) is 6.79 Å². The summed E-state index contributed by atoms with van der Waals surface area (Å²) in [5.74, 6) is 0.157. The van der Waals surface area contributed by atoms with Crippen LogP contribution in [0.25, 0.3) is 0 Å². The van der Waals surface area contributed by atoms with Crippen molar-refractivity contribution in [3.63, 3.8) is 0 Å². The highest BCUT2D eigenvalue weighted by Gasteiger charge is 2.19. The Balaban J connectivity index is 2.12. The van der Waals surface area contributed by atoms with Crippen molar-refractivity contribution in [2.24, 2.45) is 5.92 Å². The molecule has 0 fully saturated rings. The van der Waals surface area contributed by atoms with Gasteiger partial charge in [-0.05, 0) is 30.5 Å². The zero-order valence-corrected chi connectivity index (χ0v) is 9.39. The van der Waals surface area contributed by atoms with E-state index < -0.39 is 11.9 Å². The second-order valence-electron chi connectivity index (χ2n) is 3.95. The zero-order chi connectivity index (χ0) is 12.3. The predicted molar refractivity (Wildman–Crippen MR) is 62.2 cm³/mol. The zero-order valence-electron chi connectivity index (χ0n) is 9.39. The molecule has 0 saturated heterocycles. The van der Waals surface area contributed by atoms with E-state index in [1.807, 2.05) is 18.2 Å². The van der Waals surface area contributed by atoms with Crippen LogP contribution < -0.4 is 9.47 Å². The summed E-state index contributed by atoms with van der Waals surface area (Å²) in [5.41, 5.74) is 0.934. The number of aliphatic carboxylic acids is 1. The molecule has 0 aliphatic carbocycles. The Morgan fingerprint density at radius 1 is 1.47 bits per heavy atom. The fourth-order valence-electron chi connectivity index (χ4n) is 1.83. The van der Waals surface area contributed by atoms with Gasteiger partial charge in [-0.25, -0.2) is 0 Å². The van der Waals surface area contributed by atoms with Crippen molar-refractivity contribution in [3.8, 4) is 11.5 Å². The van der Waals surface area contributed by atoms with Gasteiger partial charge in [-0.1, -0.05) is 12.1 Å². The largest absolute Gasteiger partial charge is 0.481 e. The number of allylic oxidation sites excluding steroid dienone is 1. The summed E-state index contributed by atoms with van der Waals surface area (Å²) in [6.07, 6.45) is 2.56. The molecule has 0 spiro atoms. The maximum atomic E-state index is 11.0. The molecule has 1 atom stereocenters. The lowest BCUT2D eigenvalue weighted by Gasteiger charge is -2.10. The first-order chi connectivity index (χ1) is 8.20. The number of carboxylic acids is 1. The minimum atomic E-state index is -0.803. The molecule has 0 radical (unpaired) electrons. The SMILES string of the molecule is C=CC[C@@H](Cc1ccc2c(c1)OCO2)C(=O)O. The highest BCUT2D eigenvalue weighted by atomic mass is 16.7. The number of rotatable bonds is 5. The van der Waals surface area contributed by atoms with Crippen molar-refractivity contribution in [3.05, 3.63) is 36.4 Å². The first kappa shape index (κ1) is 11.5. The monoisotopic (exact) mass is 234 g/mol. The Bertz CT molecular complexity index is 439. The predicted octanol–water partition coefficient (Wildman–Crippen LogP) is 2.23. The fourth-order valence-corrected chi connectivity index (χ4v) is 1.83. The first-order valence-electron chi connectivity index (χ1n) is 5.43. The number of ether oxygens (including phenoxy) is 2. The first-order valence-corrected chi connectivity index (χ1v) is 5.43. The number of hydrogen-bond acceptors (Lipinski definition) is 3. The van der Waals surface area contributed by atoms with E-state index in [1.54, 1.807) is 6.08 Å². The molecule has 0 saturated carbocycles. The maximum Gasteiger partial charge on any atom is 0.307 e. The molecule has 17 heavy (non-hydrogen) atoms. The van der Waals surface area contributed by atoms with Gasteiger partial charge in [-0.15, -0.1) is 6.58 Å². The summed E-state index contributed by atoms with van der Waals surface area (Å²) >= 11 is 0. The number of benzene rings is 1. The molecular formula is C13H14O4. The Morgan fingerprint density at radius 2 is 2.24 bits per heavy atom. The quantitative estimate of drug-likeness (QED) is 0.794. The van der Waals surface area contributed by atoms with Gasteiger partial charge >= 0.3 is 5.97 Å². The summed E-state index contributed by atoms with van der Waals surface area (Å²) in [6, 6.07) is 5.51. The van der Waals surface area contributed by atoms with Gasteiger partial charge in [0.05, 0.1) is 5.92 Å². The van der Waals surface area contributed by atoms with E-state index in [9.17, 15) is 4.79 Å². The third kappa shape index (κ3) is 2.58. The molecule has 1 aromatic carbocycles. The molecular weight excluding hydrogens is 220 g/mol. The molecule has 1 aliphatic heterocycles. The smallest absolute Gasteiger partial charge is 0.307 e. The Morgan fingerprint density at radius 3 is 2.94 bits per heavy atom. The number of fused-ring (bicyclic) bond motifs is 1. The van der Waals surface area contributed by atoms with Crippen molar-refractivity contribution < 1.29 is 19.4 Å². The van der Waals surface area contributed by atoms with Crippen LogP contribution in [0, 0.1) is 5.92 Å². The highest BCUT2D eigenvalue weighted by Crippen LogP contribution is 2.33. The molecule has 90 valence electrons. The van der Waals surface area contributed by atoms with Gasteiger partial charge in [0, 0.05) is 0 Å². The number of carboxylic acid groups (broad SMARTS) is 1. The van der Waals surface area contributed by atoms with E-state index in [1.165, 1.54) is 0 Å². The molecule has 0 bridgehead atoms. The van der Waals surface area contributed by atoms with Crippen LogP contribution >= 0.6 is 0 Å². The van der Waals surface area contributed by atoms with Crippen LogP contribution in [0.2, 0.25) is 0 Å². The van der Waals surface area contributed by atoms with E-state index in [4.69, 9.17) is 14.6 Å². The topological polar surface area (TPSA) is 55.8 Å². The van der Waals surface area contributed by atoms with E-state index in [0.717, 1.165) is 5.56 Å². The van der Waals surface area contributed by atoms with Gasteiger partial charge in [0.25, 0.3) is 0 Å². The Labute approximate surface area is 99.5 Å². The van der Waals surface area contributed by atoms with Gasteiger partial charge in [-0.2, -0.15) is 0 Å². The lowest BCUT2D eigenvalue weighted by molar-refractivity contribution is -0.141. The summed E-state index contributed by atoms with van der Waals surface area (Å²) in [6.45, 7) is 3.80. The summed E-state index contributed by atoms with van der Waals surface area (Å²) < 4.78 is 10.4. The van der Waals surface area contributed by atoms with Crippen LogP contribution in [0.5, 0.6) is 11.5 Å². The molecule has 4 heteroatoms. The molecule has 1 aromatic rings. The van der Waals surface area contributed by atoms with E-state index in [0.29, 0.717) is 24.3 Å². The third-order valence-corrected chi connectivity index (χ3v) is 2.72. The van der Waals surface area contributed by atoms with Crippen LogP contribution in [0.3, 0.4) is 0 Å². The minimum absolute atomic E-state index is 0.230. The fraction of sp³-hybridized carbons (Fsp3) is 0.308. The van der Waals surface area contributed by atoms with Gasteiger partial charge in [0.15, 0.2) is 11.5 Å². The normalized spacial score (nSPS) is 14.4. The summed E-state index contributed by atoms with van der Waals surface area (Å²) in [7, 11) is 0. The Kier molecular flexibility index (Phi) is 3.32. The molecule has 0 amide bonds. The second-order valence-corrected chi connectivity index (χ2v) is 3.95. The van der Waals surface area contributed by atoms with Crippen molar-refractivity contribution >= 4 is 5.97 Å². The van der Waals surface area contributed by atoms with Gasteiger partial charge in [0.2, 0.25) is 6.79 Å². The maximum absolute atomic E-state index is 11.0. The van der Waals surface area contributed by atoms with Crippen LogP contribution in [-0.4, -0.2) is 17.9 Å². The summed E-state index contributed by atoms with van der Waals surface area (Å²) in [5, 5.41) is 9.06. The van der Waals surface area contributed by atoms with E-state index >= 15 is 0 Å². The number of carbonyl (C=O) groups is 1. The third-order valence-electron chi connectivity index (χ3n) is 2.72. The van der Waals surface area contributed by atoms with E-state index in [-0.39, 0.29) is 6.79 Å². The molecule has 2 rings (SSSR count). The highest BCUT2D eigenvalue weighted by molar-refractivity contribution is 5.70. The average molecular weight is 234 g/mol. The molecule has 0 unspecified atom stereocenters. The van der Waals surface area contributed by atoms with Crippen LogP contribution in [-0.2, 0) is 11.2 Å². The number of hydrogen-bond donors (Lipinski definition) is 1. The van der Waals surface area contributed by atoms with Gasteiger partial charge in [-0.3, -0.25) is 4.79 Å². The lowest BCUT2D eigenvalue weighted by Crippen LogP contribution is -2.15. The van der Waals surface area contributed by atoms with Crippen molar-refractivity contribution in [2.45, 2.75) is 12.8 Å². The second kappa shape index (κ2) is 4.91. The van der Waals surface area contributed by atoms with Gasteiger partial charge in [0.1, 0.15) is 0 Å². The van der Waals surface area contributed by atoms with Crippen LogP contribution in [0.1, 0.15) is 12.0 Å². The lowest BCUT2D eigenvalue weighted by atomic mass is 9.96. The van der Waals surface area contributed by atoms with E-state index in [2.05, 4.69) is 6.58 Å². The molecule has 1 aliphatic rings. The Hall–Kier alpha value is -1.97. The standard InChI is InChI=1S/C13H14O4/c1-2-3-10(13(14)15)6-9-4-5-11-12(7-9)17-8-16-11/h2,4-5,7,10H,1,3,6,8H2,(H,14,15)/t10-/m0/s1. The molecule has 4 nitrogen and oxygen atoms in total. The summed E-state index contributed by atoms with van der Waals surface area (Å²) in [4.78, 5) is 11.0. The van der Waals surface area contributed by atoms with Crippen molar-refractivity contribution in [1.82, 2.24) is 0 Å². The minimum Gasteiger partial charge on any atom is -0.481 e. The molecule has 0 aromatic heterocycles. The average Bonchev–Trinajstić information content (AvgIpc) is 2.75. The van der Waals surface area contributed by atoms with Crippen LogP contribution in [0.4, 0.5) is 0 Å². The van der Waals surface area contributed by atoms with Crippen LogP contribution in [0.15, 0.2) is 30.9 Å². The molecule has 1 heterocycles. The van der Waals surface area contributed by atoms with Crippen molar-refractivity contribution in [1.29, 1.82) is 0 Å². The van der Waals surface area contributed by atoms with Gasteiger partial charge < -0.3 is 14.6 Å². The molecule has 1 N–H and O–H groups in total.